The largest absolute Gasteiger partial charge is 0.505 e. The van der Waals surface area contributed by atoms with Crippen LogP contribution in [0.1, 0.15) is 0 Å². The molecule has 0 unspecified atom stereocenters. The summed E-state index contributed by atoms with van der Waals surface area (Å²) in [4.78, 5) is 4.14. The SMILES string of the molecule is OCC(O)CO.Oc1c(I)cc(I)c2cccnc12. The van der Waals surface area contributed by atoms with Crippen molar-refractivity contribution in [2.24, 2.45) is 0 Å². The first-order valence-corrected chi connectivity index (χ1v) is 7.48. The number of pyridine rings is 1. The van der Waals surface area contributed by atoms with Gasteiger partial charge in [0.1, 0.15) is 11.6 Å². The number of aliphatic hydroxyl groups excluding tert-OH is 3. The van der Waals surface area contributed by atoms with Gasteiger partial charge in [-0.2, -0.15) is 0 Å². The van der Waals surface area contributed by atoms with Gasteiger partial charge in [-0.05, 0) is 57.3 Å². The van der Waals surface area contributed by atoms with Gasteiger partial charge in [0.25, 0.3) is 0 Å². The highest BCUT2D eigenvalue weighted by Crippen LogP contribution is 2.31. The Morgan fingerprint density at radius 2 is 1.79 bits per heavy atom. The Bertz CT molecular complexity index is 546. The lowest BCUT2D eigenvalue weighted by Gasteiger charge is -2.03. The van der Waals surface area contributed by atoms with E-state index in [1.165, 1.54) is 0 Å². The van der Waals surface area contributed by atoms with Gasteiger partial charge in [0, 0.05) is 15.2 Å². The van der Waals surface area contributed by atoms with Crippen LogP contribution in [0.4, 0.5) is 0 Å². The van der Waals surface area contributed by atoms with Gasteiger partial charge in [-0.1, -0.05) is 6.07 Å². The fraction of sp³-hybridized carbons (Fsp3) is 0.250. The van der Waals surface area contributed by atoms with Crippen molar-refractivity contribution in [1.29, 1.82) is 0 Å². The number of aliphatic hydroxyl groups is 3. The molecule has 19 heavy (non-hydrogen) atoms. The monoisotopic (exact) mass is 489 g/mol. The molecule has 0 aliphatic heterocycles. The molecule has 1 aromatic heterocycles. The number of halogens is 2. The van der Waals surface area contributed by atoms with Gasteiger partial charge in [-0.25, -0.2) is 0 Å². The Balaban J connectivity index is 0.000000258. The summed E-state index contributed by atoms with van der Waals surface area (Å²) in [6, 6.07) is 5.77. The number of aromatic nitrogens is 1. The van der Waals surface area contributed by atoms with Crippen molar-refractivity contribution in [3.05, 3.63) is 31.5 Å². The Morgan fingerprint density at radius 3 is 2.32 bits per heavy atom. The second-order valence-electron chi connectivity index (χ2n) is 3.61. The first-order valence-electron chi connectivity index (χ1n) is 5.32. The highest BCUT2D eigenvalue weighted by Gasteiger charge is 2.07. The van der Waals surface area contributed by atoms with Crippen LogP contribution in [0, 0.1) is 7.14 Å². The number of hydrogen-bond donors (Lipinski definition) is 4. The van der Waals surface area contributed by atoms with E-state index in [-0.39, 0.29) is 19.0 Å². The van der Waals surface area contributed by atoms with Gasteiger partial charge in [-0.3, -0.25) is 4.98 Å². The zero-order chi connectivity index (χ0) is 14.4. The fourth-order valence-corrected chi connectivity index (χ4v) is 3.12. The number of aromatic hydroxyl groups is 1. The first kappa shape index (κ1) is 16.8. The summed E-state index contributed by atoms with van der Waals surface area (Å²) in [7, 11) is 0. The van der Waals surface area contributed by atoms with Crippen LogP contribution in [-0.2, 0) is 0 Å². The van der Waals surface area contributed by atoms with E-state index in [1.807, 2.05) is 18.2 Å². The Hall–Kier alpha value is -0.230. The molecule has 0 amide bonds. The van der Waals surface area contributed by atoms with Crippen LogP contribution >= 0.6 is 45.2 Å². The lowest BCUT2D eigenvalue weighted by molar-refractivity contribution is 0.0450. The van der Waals surface area contributed by atoms with Gasteiger partial charge < -0.3 is 20.4 Å². The molecule has 0 spiro atoms. The van der Waals surface area contributed by atoms with Gasteiger partial charge >= 0.3 is 0 Å². The van der Waals surface area contributed by atoms with Gasteiger partial charge in [0.05, 0.1) is 16.8 Å². The number of hydrogen-bond acceptors (Lipinski definition) is 5. The molecular weight excluding hydrogens is 476 g/mol. The molecule has 2 rings (SSSR count). The van der Waals surface area contributed by atoms with Crippen LogP contribution in [0.15, 0.2) is 24.4 Å². The van der Waals surface area contributed by atoms with Crippen molar-refractivity contribution in [1.82, 2.24) is 4.98 Å². The smallest absolute Gasteiger partial charge is 0.155 e. The third-order valence-corrected chi connectivity index (χ3v) is 3.91. The maximum Gasteiger partial charge on any atom is 0.155 e. The molecule has 0 aliphatic rings. The molecule has 0 saturated heterocycles. The van der Waals surface area contributed by atoms with Crippen molar-refractivity contribution in [2.75, 3.05) is 13.2 Å². The van der Waals surface area contributed by atoms with E-state index in [4.69, 9.17) is 15.3 Å². The van der Waals surface area contributed by atoms with E-state index in [0.29, 0.717) is 5.52 Å². The average molecular weight is 489 g/mol. The molecule has 5 nitrogen and oxygen atoms in total. The molecule has 104 valence electrons. The predicted molar refractivity (Wildman–Crippen MR) is 89.0 cm³/mol. The van der Waals surface area contributed by atoms with Crippen molar-refractivity contribution in [3.8, 4) is 5.75 Å². The topological polar surface area (TPSA) is 93.8 Å². The normalized spacial score (nSPS) is 10.4. The Morgan fingerprint density at radius 1 is 1.16 bits per heavy atom. The zero-order valence-electron chi connectivity index (χ0n) is 9.79. The summed E-state index contributed by atoms with van der Waals surface area (Å²) in [6.45, 7) is -0.729. The number of nitrogens with zero attached hydrogens (tertiary/aromatic N) is 1. The number of rotatable bonds is 2. The summed E-state index contributed by atoms with van der Waals surface area (Å²) in [6.07, 6.45) is 0.735. The molecule has 1 heterocycles. The number of fused-ring (bicyclic) bond motifs is 1. The summed E-state index contributed by atoms with van der Waals surface area (Å²) in [5.41, 5.74) is 0.679. The van der Waals surface area contributed by atoms with E-state index in [1.54, 1.807) is 6.20 Å². The molecule has 0 aliphatic carbocycles. The fourth-order valence-electron chi connectivity index (χ4n) is 1.21. The Labute approximate surface area is 137 Å². The van der Waals surface area contributed by atoms with Gasteiger partial charge in [0.15, 0.2) is 5.75 Å². The van der Waals surface area contributed by atoms with Crippen LogP contribution in [0.25, 0.3) is 10.9 Å². The van der Waals surface area contributed by atoms with Crippen molar-refractivity contribution >= 4 is 56.1 Å². The van der Waals surface area contributed by atoms with Crippen molar-refractivity contribution in [2.45, 2.75) is 6.10 Å². The quantitative estimate of drug-likeness (QED) is 0.480. The number of benzene rings is 1. The van der Waals surface area contributed by atoms with Crippen LogP contribution in [0.3, 0.4) is 0 Å². The minimum Gasteiger partial charge on any atom is -0.505 e. The van der Waals surface area contributed by atoms with Gasteiger partial charge in [0.2, 0.25) is 0 Å². The van der Waals surface area contributed by atoms with Crippen molar-refractivity contribution in [3.63, 3.8) is 0 Å². The molecule has 4 N–H and O–H groups in total. The van der Waals surface area contributed by atoms with Gasteiger partial charge in [-0.15, -0.1) is 0 Å². The molecule has 0 atom stereocenters. The first-order chi connectivity index (χ1) is 9.01. The van der Waals surface area contributed by atoms with Crippen LogP contribution < -0.4 is 0 Å². The summed E-state index contributed by atoms with van der Waals surface area (Å²) >= 11 is 4.35. The minimum absolute atomic E-state index is 0.275. The molecule has 0 fully saturated rings. The highest BCUT2D eigenvalue weighted by atomic mass is 127. The third kappa shape index (κ3) is 4.67. The van der Waals surface area contributed by atoms with E-state index < -0.39 is 6.10 Å². The maximum absolute atomic E-state index is 9.71. The number of phenolic OH excluding ortho intramolecular Hbond substituents is 1. The lowest BCUT2D eigenvalue weighted by Crippen LogP contribution is -2.15. The summed E-state index contributed by atoms with van der Waals surface area (Å²) in [5, 5.41) is 34.7. The minimum atomic E-state index is -0.954. The van der Waals surface area contributed by atoms with E-state index in [9.17, 15) is 5.11 Å². The van der Waals surface area contributed by atoms with E-state index >= 15 is 0 Å². The maximum atomic E-state index is 9.71. The predicted octanol–water partition coefficient (Wildman–Crippen LogP) is 1.48. The number of phenols is 1. The summed E-state index contributed by atoms with van der Waals surface area (Å²) < 4.78 is 1.95. The zero-order valence-corrected chi connectivity index (χ0v) is 14.1. The molecule has 1 aromatic carbocycles. The second kappa shape index (κ2) is 8.15. The van der Waals surface area contributed by atoms with Crippen LogP contribution in [0.5, 0.6) is 5.75 Å². The van der Waals surface area contributed by atoms with E-state index in [0.717, 1.165) is 12.5 Å². The molecule has 0 saturated carbocycles. The Kier molecular flexibility index (Phi) is 7.21. The molecule has 7 heteroatoms. The second-order valence-corrected chi connectivity index (χ2v) is 5.93. The molecular formula is C12H13I2NO4. The van der Waals surface area contributed by atoms with Crippen LogP contribution in [0.2, 0.25) is 0 Å². The van der Waals surface area contributed by atoms with E-state index in [2.05, 4.69) is 50.2 Å². The lowest BCUT2D eigenvalue weighted by atomic mass is 10.2. The summed E-state index contributed by atoms with van der Waals surface area (Å²) in [5.74, 6) is 0.275. The van der Waals surface area contributed by atoms with Crippen LogP contribution in [-0.4, -0.2) is 44.7 Å². The third-order valence-electron chi connectivity index (χ3n) is 2.19. The average Bonchev–Trinajstić information content (AvgIpc) is 2.44. The highest BCUT2D eigenvalue weighted by molar-refractivity contribution is 14.1. The molecule has 0 radical (unpaired) electrons. The molecule has 0 bridgehead atoms. The van der Waals surface area contributed by atoms with Crippen molar-refractivity contribution < 1.29 is 20.4 Å². The standard InChI is InChI=1S/C9H5I2NO.C3H8O3/c10-6-4-7(11)9(13)8-5(6)2-1-3-12-8;4-1-3(6)2-5/h1-4,13H;3-6H,1-2H2. The molecule has 2 aromatic rings.